The number of hydrogen-bond acceptors (Lipinski definition) is 4. The van der Waals surface area contributed by atoms with Crippen molar-refractivity contribution in [3.63, 3.8) is 0 Å². The van der Waals surface area contributed by atoms with E-state index in [1.807, 2.05) is 44.2 Å². The molecule has 0 saturated carbocycles. The van der Waals surface area contributed by atoms with Crippen LogP contribution in [0, 0.1) is 6.92 Å². The molecule has 5 heteroatoms. The van der Waals surface area contributed by atoms with Crippen LogP contribution in [-0.4, -0.2) is 19.6 Å². The summed E-state index contributed by atoms with van der Waals surface area (Å²) in [7, 11) is 1.57. The Bertz CT molecular complexity index is 705. The molecule has 1 amide bonds. The van der Waals surface area contributed by atoms with E-state index in [0.717, 1.165) is 17.7 Å². The van der Waals surface area contributed by atoms with Crippen molar-refractivity contribution in [2.45, 2.75) is 26.3 Å². The zero-order valence-electron chi connectivity index (χ0n) is 14.3. The summed E-state index contributed by atoms with van der Waals surface area (Å²) in [4.78, 5) is 12.0. The second-order valence-electron chi connectivity index (χ2n) is 5.50. The summed E-state index contributed by atoms with van der Waals surface area (Å²) in [5, 5.41) is 2.84. The van der Waals surface area contributed by atoms with Gasteiger partial charge in [-0.25, -0.2) is 0 Å². The molecule has 0 saturated heterocycles. The average Bonchev–Trinajstić information content (AvgIpc) is 3.00. The summed E-state index contributed by atoms with van der Waals surface area (Å²) in [6.45, 7) is 7.35. The number of rotatable bonds is 8. The van der Waals surface area contributed by atoms with E-state index in [0.29, 0.717) is 17.3 Å². The van der Waals surface area contributed by atoms with Crippen LogP contribution in [0.1, 0.15) is 30.0 Å². The van der Waals surface area contributed by atoms with Gasteiger partial charge in [0.25, 0.3) is 5.91 Å². The molecular formula is C19H23NO4. The van der Waals surface area contributed by atoms with Gasteiger partial charge >= 0.3 is 0 Å². The first-order valence-corrected chi connectivity index (χ1v) is 7.79. The molecular weight excluding hydrogens is 306 g/mol. The summed E-state index contributed by atoms with van der Waals surface area (Å²) < 4.78 is 16.4. The summed E-state index contributed by atoms with van der Waals surface area (Å²) in [5.74, 6) is 2.42. The lowest BCUT2D eigenvalue weighted by Gasteiger charge is -2.14. The Morgan fingerprint density at radius 3 is 2.75 bits per heavy atom. The van der Waals surface area contributed by atoms with Gasteiger partial charge in [0.1, 0.15) is 11.5 Å². The number of aryl methyl sites for hydroxylation is 1. The van der Waals surface area contributed by atoms with Crippen LogP contribution in [0.5, 0.6) is 11.5 Å². The minimum Gasteiger partial charge on any atom is -0.493 e. The summed E-state index contributed by atoms with van der Waals surface area (Å²) in [5.41, 5.74) is 1.07. The number of benzene rings is 1. The van der Waals surface area contributed by atoms with Gasteiger partial charge in [-0.15, -0.1) is 6.58 Å². The Kier molecular flexibility index (Phi) is 6.07. The highest BCUT2D eigenvalue weighted by molar-refractivity contribution is 5.78. The van der Waals surface area contributed by atoms with E-state index in [1.54, 1.807) is 13.2 Å². The molecule has 0 aliphatic rings. The monoisotopic (exact) mass is 329 g/mol. The average molecular weight is 329 g/mol. The van der Waals surface area contributed by atoms with Crippen molar-refractivity contribution in [3.05, 3.63) is 60.1 Å². The van der Waals surface area contributed by atoms with E-state index in [9.17, 15) is 4.79 Å². The van der Waals surface area contributed by atoms with Gasteiger partial charge in [0, 0.05) is 0 Å². The fourth-order valence-electron chi connectivity index (χ4n) is 2.31. The Labute approximate surface area is 142 Å². The fourth-order valence-corrected chi connectivity index (χ4v) is 2.31. The molecule has 1 aromatic carbocycles. The number of methoxy groups -OCH3 is 1. The van der Waals surface area contributed by atoms with Gasteiger partial charge < -0.3 is 19.2 Å². The van der Waals surface area contributed by atoms with Gasteiger partial charge in [-0.3, -0.25) is 4.79 Å². The van der Waals surface area contributed by atoms with Crippen LogP contribution >= 0.6 is 0 Å². The Morgan fingerprint density at radius 1 is 1.33 bits per heavy atom. The van der Waals surface area contributed by atoms with Crippen LogP contribution in [-0.2, 0) is 11.2 Å². The van der Waals surface area contributed by atoms with Gasteiger partial charge in [-0.1, -0.05) is 12.1 Å². The Hall–Kier alpha value is -2.69. The predicted molar refractivity (Wildman–Crippen MR) is 92.4 cm³/mol. The Morgan fingerprint density at radius 2 is 2.12 bits per heavy atom. The van der Waals surface area contributed by atoms with Crippen LogP contribution in [0.15, 0.2) is 47.4 Å². The van der Waals surface area contributed by atoms with Crippen molar-refractivity contribution in [2.24, 2.45) is 0 Å². The van der Waals surface area contributed by atoms with Gasteiger partial charge in [0.05, 0.1) is 13.2 Å². The summed E-state index contributed by atoms with van der Waals surface area (Å²) in [6.07, 6.45) is 2.57. The third kappa shape index (κ3) is 4.65. The zero-order valence-corrected chi connectivity index (χ0v) is 14.3. The highest BCUT2D eigenvalue weighted by Crippen LogP contribution is 2.28. The predicted octanol–water partition coefficient (Wildman–Crippen LogP) is 3.58. The topological polar surface area (TPSA) is 60.7 Å². The molecule has 128 valence electrons. The molecule has 5 nitrogen and oxygen atoms in total. The minimum atomic E-state index is -0.228. The summed E-state index contributed by atoms with van der Waals surface area (Å²) >= 11 is 0. The molecule has 0 aliphatic heterocycles. The number of hydrogen-bond donors (Lipinski definition) is 1. The normalized spacial score (nSPS) is 11.6. The zero-order chi connectivity index (χ0) is 17.5. The highest BCUT2D eigenvalue weighted by Gasteiger charge is 2.14. The van der Waals surface area contributed by atoms with Crippen molar-refractivity contribution >= 4 is 5.91 Å². The van der Waals surface area contributed by atoms with E-state index in [2.05, 4.69) is 11.9 Å². The van der Waals surface area contributed by atoms with Gasteiger partial charge in [-0.05, 0) is 50.1 Å². The van der Waals surface area contributed by atoms with Crippen molar-refractivity contribution < 1.29 is 18.7 Å². The number of carbonyl (C=O) groups excluding carboxylic acids is 1. The van der Waals surface area contributed by atoms with Crippen LogP contribution in [0.4, 0.5) is 0 Å². The smallest absolute Gasteiger partial charge is 0.258 e. The third-order valence-electron chi connectivity index (χ3n) is 3.53. The first-order chi connectivity index (χ1) is 11.5. The highest BCUT2D eigenvalue weighted by atomic mass is 16.5. The standard InChI is InChI=1S/C19H23NO4/c1-5-6-15-8-10-17(18(11-15)22-4)23-12-19(21)20-14(3)16-9-7-13(2)24-16/h5,7-11,14H,1,6,12H2,2-4H3,(H,20,21). The molecule has 1 N–H and O–H groups in total. The lowest BCUT2D eigenvalue weighted by Crippen LogP contribution is -2.31. The lowest BCUT2D eigenvalue weighted by atomic mass is 10.1. The van der Waals surface area contributed by atoms with Crippen LogP contribution < -0.4 is 14.8 Å². The molecule has 1 heterocycles. The third-order valence-corrected chi connectivity index (χ3v) is 3.53. The maximum absolute atomic E-state index is 12.0. The first-order valence-electron chi connectivity index (χ1n) is 7.79. The molecule has 2 aromatic rings. The number of carbonyl (C=O) groups is 1. The first kappa shape index (κ1) is 17.7. The van der Waals surface area contributed by atoms with Crippen molar-refractivity contribution in [2.75, 3.05) is 13.7 Å². The molecule has 1 atom stereocenters. The molecule has 0 spiro atoms. The van der Waals surface area contributed by atoms with Crippen molar-refractivity contribution in [3.8, 4) is 11.5 Å². The lowest BCUT2D eigenvalue weighted by molar-refractivity contribution is -0.123. The molecule has 1 unspecified atom stereocenters. The van der Waals surface area contributed by atoms with Crippen molar-refractivity contribution in [1.29, 1.82) is 0 Å². The molecule has 0 radical (unpaired) electrons. The van der Waals surface area contributed by atoms with Gasteiger partial charge in [-0.2, -0.15) is 0 Å². The van der Waals surface area contributed by atoms with E-state index >= 15 is 0 Å². The number of allylic oxidation sites excluding steroid dienone is 1. The number of nitrogens with one attached hydrogen (secondary N) is 1. The molecule has 0 fully saturated rings. The molecule has 2 rings (SSSR count). The van der Waals surface area contributed by atoms with E-state index < -0.39 is 0 Å². The fraction of sp³-hybridized carbons (Fsp3) is 0.316. The molecule has 0 aliphatic carbocycles. The quantitative estimate of drug-likeness (QED) is 0.752. The maximum atomic E-state index is 12.0. The van der Waals surface area contributed by atoms with E-state index in [4.69, 9.17) is 13.9 Å². The molecule has 24 heavy (non-hydrogen) atoms. The number of furan rings is 1. The summed E-state index contributed by atoms with van der Waals surface area (Å²) in [6, 6.07) is 9.10. The van der Waals surface area contributed by atoms with Gasteiger partial charge in [0.2, 0.25) is 0 Å². The molecule has 0 bridgehead atoms. The van der Waals surface area contributed by atoms with Crippen LogP contribution in [0.25, 0.3) is 0 Å². The van der Waals surface area contributed by atoms with Crippen LogP contribution in [0.3, 0.4) is 0 Å². The number of ether oxygens (including phenoxy) is 2. The largest absolute Gasteiger partial charge is 0.493 e. The molecule has 1 aromatic heterocycles. The SMILES string of the molecule is C=CCc1ccc(OCC(=O)NC(C)c2ccc(C)o2)c(OC)c1. The van der Waals surface area contributed by atoms with Gasteiger partial charge in [0.15, 0.2) is 18.1 Å². The van der Waals surface area contributed by atoms with Crippen LogP contribution in [0.2, 0.25) is 0 Å². The van der Waals surface area contributed by atoms with E-state index in [-0.39, 0.29) is 18.6 Å². The number of amides is 1. The van der Waals surface area contributed by atoms with E-state index in [1.165, 1.54) is 0 Å². The van der Waals surface area contributed by atoms with Crippen molar-refractivity contribution in [1.82, 2.24) is 5.32 Å². The Balaban J connectivity index is 1.92. The minimum absolute atomic E-state index is 0.0960. The second-order valence-corrected chi connectivity index (χ2v) is 5.50. The maximum Gasteiger partial charge on any atom is 0.258 e. The second kappa shape index (κ2) is 8.24.